The summed E-state index contributed by atoms with van der Waals surface area (Å²) in [6.45, 7) is 1.77. The van der Waals surface area contributed by atoms with Crippen LogP contribution in [0.1, 0.15) is 16.7 Å². The molecule has 0 heterocycles. The van der Waals surface area contributed by atoms with Crippen LogP contribution in [0.15, 0.2) is 12.1 Å². The summed E-state index contributed by atoms with van der Waals surface area (Å²) in [6, 6.07) is 2.68. The van der Waals surface area contributed by atoms with Gasteiger partial charge in [0.1, 0.15) is 5.75 Å². The van der Waals surface area contributed by atoms with Crippen molar-refractivity contribution in [2.75, 3.05) is 0 Å². The zero-order valence-electron chi connectivity index (χ0n) is 8.40. The third-order valence-corrected chi connectivity index (χ3v) is 2.74. The molecule has 0 saturated carbocycles. The Morgan fingerprint density at radius 2 is 2.19 bits per heavy atom. The Hall–Kier alpha value is -1.19. The molecule has 0 aliphatic rings. The maximum atomic E-state index is 12.3. The van der Waals surface area contributed by atoms with Crippen molar-refractivity contribution in [1.29, 1.82) is 0 Å². The van der Waals surface area contributed by atoms with Crippen molar-refractivity contribution in [1.82, 2.24) is 0 Å². The molecular formula is C10H9FO3S2. The van der Waals surface area contributed by atoms with E-state index in [0.29, 0.717) is 16.9 Å². The van der Waals surface area contributed by atoms with E-state index >= 15 is 0 Å². The lowest BCUT2D eigenvalue weighted by Gasteiger charge is -2.08. The molecule has 0 aromatic heterocycles. The predicted octanol–water partition coefficient (Wildman–Crippen LogP) is 2.00. The number of terminal acetylenes is 1. The number of hydrogen-bond donors (Lipinski definition) is 1. The van der Waals surface area contributed by atoms with Crippen LogP contribution in [0.2, 0.25) is 0 Å². The summed E-state index contributed by atoms with van der Waals surface area (Å²) in [7, 11) is -5.03. The number of benzene rings is 1. The topological polar surface area (TPSA) is 43.4 Å². The summed E-state index contributed by atoms with van der Waals surface area (Å²) in [4.78, 5) is 0. The minimum atomic E-state index is -5.03. The van der Waals surface area contributed by atoms with Crippen molar-refractivity contribution in [3.8, 4) is 18.1 Å². The largest absolute Gasteiger partial charge is 0.488 e. The van der Waals surface area contributed by atoms with Gasteiger partial charge >= 0.3 is 10.5 Å². The zero-order chi connectivity index (χ0) is 12.3. The van der Waals surface area contributed by atoms with E-state index in [-0.39, 0.29) is 5.75 Å². The average Bonchev–Trinajstić information content (AvgIpc) is 2.18. The highest BCUT2D eigenvalue weighted by molar-refractivity contribution is 7.81. The fourth-order valence-corrected chi connectivity index (χ4v) is 1.88. The van der Waals surface area contributed by atoms with Crippen molar-refractivity contribution in [2.45, 2.75) is 12.7 Å². The predicted molar refractivity (Wildman–Crippen MR) is 62.5 cm³/mol. The molecule has 0 N–H and O–H groups in total. The van der Waals surface area contributed by atoms with Crippen LogP contribution in [0.25, 0.3) is 0 Å². The Labute approximate surface area is 99.5 Å². The highest BCUT2D eigenvalue weighted by atomic mass is 32.3. The van der Waals surface area contributed by atoms with Crippen LogP contribution >= 0.6 is 12.6 Å². The Bertz CT molecular complexity index is 544. The molecule has 0 radical (unpaired) electrons. The lowest BCUT2D eigenvalue weighted by Crippen LogP contribution is -2.03. The molecule has 0 unspecified atom stereocenters. The van der Waals surface area contributed by atoms with Crippen LogP contribution in [-0.4, -0.2) is 8.42 Å². The highest BCUT2D eigenvalue weighted by Gasteiger charge is 2.12. The fourth-order valence-electron chi connectivity index (χ4n) is 1.22. The second-order valence-corrected chi connectivity index (χ2v) is 4.30. The van der Waals surface area contributed by atoms with Gasteiger partial charge in [0.05, 0.1) is 0 Å². The lowest BCUT2D eigenvalue weighted by molar-refractivity contribution is 0.440. The first-order valence-electron chi connectivity index (χ1n) is 4.22. The zero-order valence-corrected chi connectivity index (χ0v) is 10.1. The van der Waals surface area contributed by atoms with Crippen LogP contribution in [0.3, 0.4) is 0 Å². The van der Waals surface area contributed by atoms with Gasteiger partial charge in [0.25, 0.3) is 0 Å². The number of rotatable bonds is 3. The van der Waals surface area contributed by atoms with E-state index in [1.165, 1.54) is 12.1 Å². The summed E-state index contributed by atoms with van der Waals surface area (Å²) in [6.07, 6.45) is 5.23. The Balaban J connectivity index is 3.29. The average molecular weight is 260 g/mol. The van der Waals surface area contributed by atoms with Crippen molar-refractivity contribution < 1.29 is 16.5 Å². The van der Waals surface area contributed by atoms with Gasteiger partial charge in [-0.3, -0.25) is 0 Å². The summed E-state index contributed by atoms with van der Waals surface area (Å²) in [5.74, 6) is 2.57. The third-order valence-electron chi connectivity index (χ3n) is 2.01. The summed E-state index contributed by atoms with van der Waals surface area (Å²) in [5.41, 5.74) is 1.93. The minimum Gasteiger partial charge on any atom is -0.358 e. The molecule has 3 nitrogen and oxygen atoms in total. The van der Waals surface area contributed by atoms with E-state index in [9.17, 15) is 12.3 Å². The summed E-state index contributed by atoms with van der Waals surface area (Å²) in [5, 5.41) is 0. The molecule has 86 valence electrons. The van der Waals surface area contributed by atoms with Crippen LogP contribution < -0.4 is 4.18 Å². The maximum Gasteiger partial charge on any atom is 0.488 e. The maximum absolute atomic E-state index is 12.3. The van der Waals surface area contributed by atoms with Crippen LogP contribution in [0.4, 0.5) is 3.89 Å². The molecule has 0 aliphatic heterocycles. The van der Waals surface area contributed by atoms with Gasteiger partial charge in [-0.2, -0.15) is 21.0 Å². The fraction of sp³-hybridized carbons (Fsp3) is 0.200. The summed E-state index contributed by atoms with van der Waals surface area (Å²) >= 11 is 4.06. The van der Waals surface area contributed by atoms with Crippen molar-refractivity contribution in [2.24, 2.45) is 0 Å². The van der Waals surface area contributed by atoms with Gasteiger partial charge in [0.2, 0.25) is 0 Å². The quantitative estimate of drug-likeness (QED) is 0.513. The standard InChI is InChI=1S/C10H9FO3S2/c1-3-8-4-10(14-16(11,12)13)5-9(6-15)7(8)2/h1,4-5,15H,6H2,2H3. The van der Waals surface area contributed by atoms with Crippen LogP contribution in [0, 0.1) is 19.3 Å². The number of thiol groups is 1. The van der Waals surface area contributed by atoms with E-state index in [1.54, 1.807) is 6.92 Å². The SMILES string of the molecule is C#Cc1cc(OS(=O)(=O)F)cc(CS)c1C. The monoisotopic (exact) mass is 260 g/mol. The van der Waals surface area contributed by atoms with Gasteiger partial charge in [-0.1, -0.05) is 9.81 Å². The van der Waals surface area contributed by atoms with E-state index in [2.05, 4.69) is 22.7 Å². The molecular weight excluding hydrogens is 251 g/mol. The molecule has 1 aromatic rings. The first kappa shape index (κ1) is 12.9. The normalized spacial score (nSPS) is 10.9. The minimum absolute atomic E-state index is 0.148. The van der Waals surface area contributed by atoms with Gasteiger partial charge in [-0.05, 0) is 30.2 Å². The molecule has 0 bridgehead atoms. The van der Waals surface area contributed by atoms with E-state index in [4.69, 9.17) is 6.42 Å². The van der Waals surface area contributed by atoms with Crippen molar-refractivity contribution in [3.05, 3.63) is 28.8 Å². The molecule has 16 heavy (non-hydrogen) atoms. The van der Waals surface area contributed by atoms with E-state index in [0.717, 1.165) is 5.56 Å². The van der Waals surface area contributed by atoms with Gasteiger partial charge in [-0.15, -0.1) is 6.42 Å². The summed E-state index contributed by atoms with van der Waals surface area (Å²) < 4.78 is 37.1. The second kappa shape index (κ2) is 4.76. The van der Waals surface area contributed by atoms with Gasteiger partial charge in [-0.25, -0.2) is 0 Å². The van der Waals surface area contributed by atoms with Crippen LogP contribution in [-0.2, 0) is 16.3 Å². The molecule has 0 fully saturated rings. The lowest BCUT2D eigenvalue weighted by atomic mass is 10.0. The van der Waals surface area contributed by atoms with E-state index < -0.39 is 10.5 Å². The van der Waals surface area contributed by atoms with Crippen molar-refractivity contribution in [3.63, 3.8) is 0 Å². The number of hydrogen-bond acceptors (Lipinski definition) is 4. The second-order valence-electron chi connectivity index (χ2n) is 3.03. The molecule has 0 spiro atoms. The molecule has 0 amide bonds. The molecule has 0 saturated heterocycles. The molecule has 0 aliphatic carbocycles. The first-order chi connectivity index (χ1) is 7.37. The van der Waals surface area contributed by atoms with Crippen molar-refractivity contribution >= 4 is 23.1 Å². The Morgan fingerprint density at radius 3 is 2.62 bits per heavy atom. The molecule has 1 aromatic carbocycles. The highest BCUT2D eigenvalue weighted by Crippen LogP contribution is 2.24. The molecule has 1 rings (SSSR count). The van der Waals surface area contributed by atoms with Gasteiger partial charge in [0.15, 0.2) is 0 Å². The Kier molecular flexibility index (Phi) is 3.83. The molecule has 6 heteroatoms. The van der Waals surface area contributed by atoms with Gasteiger partial charge < -0.3 is 4.18 Å². The number of halogens is 1. The smallest absolute Gasteiger partial charge is 0.358 e. The third kappa shape index (κ3) is 3.15. The first-order valence-corrected chi connectivity index (χ1v) is 6.16. The Morgan fingerprint density at radius 1 is 1.56 bits per heavy atom. The molecule has 0 atom stereocenters. The van der Waals surface area contributed by atoms with E-state index in [1.807, 2.05) is 0 Å². The van der Waals surface area contributed by atoms with Gasteiger partial charge in [0, 0.05) is 11.3 Å². The van der Waals surface area contributed by atoms with Crippen LogP contribution in [0.5, 0.6) is 5.75 Å².